The lowest BCUT2D eigenvalue weighted by Gasteiger charge is -2.11. The fourth-order valence-electron chi connectivity index (χ4n) is 1.44. The minimum Gasteiger partial charge on any atom is -0.490 e. The molecule has 1 aromatic rings. The maximum atomic E-state index is 11.4. The van der Waals surface area contributed by atoms with Crippen LogP contribution in [0.5, 0.6) is 5.75 Å². The largest absolute Gasteiger partial charge is 0.490 e. The van der Waals surface area contributed by atoms with Gasteiger partial charge in [-0.3, -0.25) is 4.79 Å². The van der Waals surface area contributed by atoms with Gasteiger partial charge in [-0.1, -0.05) is 0 Å². The van der Waals surface area contributed by atoms with Gasteiger partial charge < -0.3 is 9.47 Å². The molecule has 0 bridgehead atoms. The number of Topliss-reactive ketones (excluding diaryl/α,β-unsaturated/α-hetero) is 1. The summed E-state index contributed by atoms with van der Waals surface area (Å²) in [5.41, 5.74) is 0.957. The lowest BCUT2D eigenvalue weighted by molar-refractivity contribution is 0.0549. The third kappa shape index (κ3) is 4.19. The summed E-state index contributed by atoms with van der Waals surface area (Å²) in [6.07, 6.45) is 0.145. The molecule has 0 aliphatic carbocycles. The van der Waals surface area contributed by atoms with Crippen molar-refractivity contribution in [3.05, 3.63) is 29.3 Å². The van der Waals surface area contributed by atoms with E-state index in [0.29, 0.717) is 30.1 Å². The van der Waals surface area contributed by atoms with Crippen LogP contribution in [0.3, 0.4) is 0 Å². The van der Waals surface area contributed by atoms with Gasteiger partial charge in [0.2, 0.25) is 0 Å². The molecule has 0 saturated carbocycles. The molecule has 96 valence electrons. The molecule has 0 unspecified atom stereocenters. The minimum atomic E-state index is -0.0840. The van der Waals surface area contributed by atoms with Crippen LogP contribution in [0.25, 0.3) is 0 Å². The van der Waals surface area contributed by atoms with Gasteiger partial charge >= 0.3 is 0 Å². The number of carbonyl (C=O) groups is 1. The molecule has 0 heterocycles. The van der Waals surface area contributed by atoms with Gasteiger partial charge in [-0.25, -0.2) is 0 Å². The first-order valence-electron chi connectivity index (χ1n) is 5.84. The molecule has 0 spiro atoms. The highest BCUT2D eigenvalue weighted by atomic mass is 16.5. The Morgan fingerprint density at radius 3 is 2.67 bits per heavy atom. The van der Waals surface area contributed by atoms with Crippen molar-refractivity contribution in [1.29, 1.82) is 5.26 Å². The van der Waals surface area contributed by atoms with Crippen molar-refractivity contribution in [3.8, 4) is 11.8 Å². The highest BCUT2D eigenvalue weighted by molar-refractivity contribution is 5.97. The first kappa shape index (κ1) is 14.2. The van der Waals surface area contributed by atoms with Crippen LogP contribution in [0.15, 0.2) is 18.2 Å². The Hall–Kier alpha value is -1.86. The van der Waals surface area contributed by atoms with Crippen molar-refractivity contribution >= 4 is 5.78 Å². The summed E-state index contributed by atoms with van der Waals surface area (Å²) in [7, 11) is 0. The first-order chi connectivity index (χ1) is 8.54. The van der Waals surface area contributed by atoms with E-state index in [1.165, 1.54) is 6.92 Å². The van der Waals surface area contributed by atoms with Crippen molar-refractivity contribution in [2.75, 3.05) is 13.2 Å². The van der Waals surface area contributed by atoms with Crippen LogP contribution >= 0.6 is 0 Å². The summed E-state index contributed by atoms with van der Waals surface area (Å²) >= 11 is 0. The predicted octanol–water partition coefficient (Wildman–Crippen LogP) is 2.56. The molecular formula is C14H17NO3. The average molecular weight is 247 g/mol. The fraction of sp³-hybridized carbons (Fsp3) is 0.429. The molecule has 0 aliphatic heterocycles. The smallest absolute Gasteiger partial charge is 0.163 e. The Labute approximate surface area is 107 Å². The molecule has 0 saturated heterocycles. The monoisotopic (exact) mass is 247 g/mol. The molecule has 0 atom stereocenters. The maximum Gasteiger partial charge on any atom is 0.163 e. The molecule has 0 amide bonds. The SMILES string of the molecule is CC(=O)c1ccc(C#N)cc1OCCOC(C)C. The molecular weight excluding hydrogens is 230 g/mol. The Morgan fingerprint density at radius 1 is 1.39 bits per heavy atom. The van der Waals surface area contributed by atoms with Gasteiger partial charge in [0, 0.05) is 0 Å². The molecule has 0 aliphatic rings. The summed E-state index contributed by atoms with van der Waals surface area (Å²) in [5, 5.41) is 8.82. The third-order valence-electron chi connectivity index (χ3n) is 2.28. The number of ketones is 1. The second-order valence-electron chi connectivity index (χ2n) is 4.15. The average Bonchev–Trinajstić information content (AvgIpc) is 2.33. The molecule has 0 fully saturated rings. The van der Waals surface area contributed by atoms with Crippen molar-refractivity contribution in [1.82, 2.24) is 0 Å². The number of nitrogens with zero attached hydrogens (tertiary/aromatic N) is 1. The molecule has 18 heavy (non-hydrogen) atoms. The van der Waals surface area contributed by atoms with Crippen molar-refractivity contribution in [2.24, 2.45) is 0 Å². The Kier molecular flexibility index (Phi) is 5.34. The van der Waals surface area contributed by atoms with Gasteiger partial charge in [0.25, 0.3) is 0 Å². The Bertz CT molecular complexity index is 461. The number of benzene rings is 1. The van der Waals surface area contributed by atoms with E-state index in [2.05, 4.69) is 0 Å². The molecule has 0 N–H and O–H groups in total. The van der Waals surface area contributed by atoms with Gasteiger partial charge in [-0.05, 0) is 39.0 Å². The highest BCUT2D eigenvalue weighted by Gasteiger charge is 2.09. The molecule has 0 radical (unpaired) electrons. The van der Waals surface area contributed by atoms with Crippen molar-refractivity contribution in [2.45, 2.75) is 26.9 Å². The highest BCUT2D eigenvalue weighted by Crippen LogP contribution is 2.20. The lowest BCUT2D eigenvalue weighted by atomic mass is 10.1. The normalized spacial score (nSPS) is 10.2. The molecule has 4 heteroatoms. The van der Waals surface area contributed by atoms with E-state index in [1.807, 2.05) is 19.9 Å². The number of nitriles is 1. The van der Waals surface area contributed by atoms with Crippen LogP contribution in [-0.2, 0) is 4.74 Å². The van der Waals surface area contributed by atoms with Crippen LogP contribution < -0.4 is 4.74 Å². The summed E-state index contributed by atoms with van der Waals surface area (Å²) < 4.78 is 10.8. The van der Waals surface area contributed by atoms with Crippen LogP contribution in [-0.4, -0.2) is 25.1 Å². The molecule has 1 rings (SSSR count). The maximum absolute atomic E-state index is 11.4. The minimum absolute atomic E-state index is 0.0840. The van der Waals surface area contributed by atoms with Gasteiger partial charge in [0.1, 0.15) is 12.4 Å². The summed E-state index contributed by atoms with van der Waals surface area (Å²) in [4.78, 5) is 11.4. The van der Waals surface area contributed by atoms with Crippen LogP contribution in [0.2, 0.25) is 0 Å². The van der Waals surface area contributed by atoms with E-state index in [4.69, 9.17) is 14.7 Å². The molecule has 1 aromatic carbocycles. The second kappa shape index (κ2) is 6.77. The fourth-order valence-corrected chi connectivity index (χ4v) is 1.44. The van der Waals surface area contributed by atoms with E-state index < -0.39 is 0 Å². The Morgan fingerprint density at radius 2 is 2.11 bits per heavy atom. The van der Waals surface area contributed by atoms with Gasteiger partial charge in [-0.2, -0.15) is 5.26 Å². The van der Waals surface area contributed by atoms with Crippen molar-refractivity contribution in [3.63, 3.8) is 0 Å². The standard InChI is InChI=1S/C14H17NO3/c1-10(2)17-6-7-18-14-8-12(9-15)4-5-13(14)11(3)16/h4-5,8,10H,6-7H2,1-3H3. The Balaban J connectivity index is 2.73. The van der Waals surface area contributed by atoms with E-state index >= 15 is 0 Å². The first-order valence-corrected chi connectivity index (χ1v) is 5.84. The molecule has 0 aromatic heterocycles. The number of hydrogen-bond acceptors (Lipinski definition) is 4. The van der Waals surface area contributed by atoms with Gasteiger partial charge in [-0.15, -0.1) is 0 Å². The number of carbonyl (C=O) groups excluding carboxylic acids is 1. The van der Waals surface area contributed by atoms with Crippen LogP contribution in [0, 0.1) is 11.3 Å². The summed E-state index contributed by atoms with van der Waals surface area (Å²) in [5.74, 6) is 0.355. The predicted molar refractivity (Wildman–Crippen MR) is 67.7 cm³/mol. The summed E-state index contributed by atoms with van der Waals surface area (Å²) in [6.45, 7) is 6.16. The topological polar surface area (TPSA) is 59.3 Å². The van der Waals surface area contributed by atoms with Crippen LogP contribution in [0.1, 0.15) is 36.7 Å². The second-order valence-corrected chi connectivity index (χ2v) is 4.15. The van der Waals surface area contributed by atoms with E-state index in [0.717, 1.165) is 0 Å². The van der Waals surface area contributed by atoms with Crippen LogP contribution in [0.4, 0.5) is 0 Å². The number of rotatable bonds is 6. The van der Waals surface area contributed by atoms with E-state index in [9.17, 15) is 4.79 Å². The zero-order chi connectivity index (χ0) is 13.5. The quantitative estimate of drug-likeness (QED) is 0.572. The third-order valence-corrected chi connectivity index (χ3v) is 2.28. The van der Waals surface area contributed by atoms with E-state index in [-0.39, 0.29) is 11.9 Å². The number of ether oxygens (including phenoxy) is 2. The number of hydrogen-bond donors (Lipinski definition) is 0. The zero-order valence-electron chi connectivity index (χ0n) is 10.9. The molecule has 4 nitrogen and oxygen atoms in total. The summed E-state index contributed by atoms with van der Waals surface area (Å²) in [6, 6.07) is 6.81. The van der Waals surface area contributed by atoms with E-state index in [1.54, 1.807) is 18.2 Å². The van der Waals surface area contributed by atoms with Crippen molar-refractivity contribution < 1.29 is 14.3 Å². The lowest BCUT2D eigenvalue weighted by Crippen LogP contribution is -2.12. The zero-order valence-corrected chi connectivity index (χ0v) is 10.9. The van der Waals surface area contributed by atoms with Gasteiger partial charge in [0.05, 0.1) is 29.9 Å². The van der Waals surface area contributed by atoms with Gasteiger partial charge in [0.15, 0.2) is 5.78 Å².